The number of benzene rings is 2. The minimum Gasteiger partial charge on any atom is -0.494 e. The van der Waals surface area contributed by atoms with Crippen LogP contribution in [0.15, 0.2) is 48.5 Å². The molecule has 24 heavy (non-hydrogen) atoms. The third kappa shape index (κ3) is 4.73. The van der Waals surface area contributed by atoms with Crippen LogP contribution < -0.4 is 14.5 Å². The number of piperazine rings is 1. The van der Waals surface area contributed by atoms with Gasteiger partial charge in [0.15, 0.2) is 0 Å². The second kappa shape index (κ2) is 8.52. The number of rotatable bonds is 6. The molecule has 1 aliphatic heterocycles. The fraction of sp³-hybridized carbons (Fsp3) is 0.400. The molecule has 0 spiro atoms. The first-order valence-corrected chi connectivity index (χ1v) is 9.24. The Morgan fingerprint density at radius 3 is 2.12 bits per heavy atom. The van der Waals surface area contributed by atoms with Gasteiger partial charge in [0.1, 0.15) is 45.0 Å². The van der Waals surface area contributed by atoms with Gasteiger partial charge in [0, 0.05) is 16.1 Å². The van der Waals surface area contributed by atoms with E-state index in [4.69, 9.17) is 16.3 Å². The fourth-order valence-electron chi connectivity index (χ4n) is 3.38. The number of nitrogens with one attached hydrogen (secondary N) is 2. The highest BCUT2D eigenvalue weighted by molar-refractivity contribution is 6.31. The van der Waals surface area contributed by atoms with Crippen molar-refractivity contribution in [2.75, 3.05) is 32.8 Å². The summed E-state index contributed by atoms with van der Waals surface area (Å²) in [7, 11) is 0. The van der Waals surface area contributed by atoms with Gasteiger partial charge in [0.05, 0.1) is 6.61 Å². The quantitative estimate of drug-likeness (QED) is 0.805. The molecule has 0 bridgehead atoms. The summed E-state index contributed by atoms with van der Waals surface area (Å²) in [5.41, 5.74) is 2.66. The Morgan fingerprint density at radius 2 is 1.50 bits per heavy atom. The molecular formula is C20H27ClN2O+2. The molecule has 0 amide bonds. The summed E-state index contributed by atoms with van der Waals surface area (Å²) in [6.07, 6.45) is 0. The van der Waals surface area contributed by atoms with Gasteiger partial charge in [0.2, 0.25) is 0 Å². The van der Waals surface area contributed by atoms with Crippen molar-refractivity contribution >= 4 is 11.6 Å². The second-order valence-corrected chi connectivity index (χ2v) is 6.93. The van der Waals surface area contributed by atoms with E-state index in [1.54, 1.807) is 9.80 Å². The average Bonchev–Trinajstić information content (AvgIpc) is 2.61. The Hall–Kier alpha value is -1.55. The van der Waals surface area contributed by atoms with E-state index in [1.165, 1.54) is 37.3 Å². The topological polar surface area (TPSA) is 18.1 Å². The minimum atomic E-state index is 0.723. The summed E-state index contributed by atoms with van der Waals surface area (Å²) in [6.45, 7) is 9.72. The lowest BCUT2D eigenvalue weighted by Gasteiger charge is -2.30. The van der Waals surface area contributed by atoms with Crippen LogP contribution in [0.25, 0.3) is 0 Å². The summed E-state index contributed by atoms with van der Waals surface area (Å²) >= 11 is 6.29. The van der Waals surface area contributed by atoms with Crippen molar-refractivity contribution in [1.82, 2.24) is 0 Å². The van der Waals surface area contributed by atoms with Crippen molar-refractivity contribution in [1.29, 1.82) is 0 Å². The number of ether oxygens (including phenoxy) is 1. The number of halogens is 1. The summed E-state index contributed by atoms with van der Waals surface area (Å²) < 4.78 is 5.51. The zero-order valence-corrected chi connectivity index (χ0v) is 15.1. The summed E-state index contributed by atoms with van der Waals surface area (Å²) in [5, 5.41) is 0.897. The number of quaternary nitrogens is 2. The maximum atomic E-state index is 6.29. The van der Waals surface area contributed by atoms with Gasteiger partial charge < -0.3 is 14.5 Å². The van der Waals surface area contributed by atoms with Crippen LogP contribution in [0.2, 0.25) is 5.02 Å². The van der Waals surface area contributed by atoms with Crippen LogP contribution in [0, 0.1) is 0 Å². The number of hydrogen-bond acceptors (Lipinski definition) is 1. The number of hydrogen-bond donors (Lipinski definition) is 2. The van der Waals surface area contributed by atoms with Crippen LogP contribution in [0.3, 0.4) is 0 Å². The molecule has 0 saturated carbocycles. The monoisotopic (exact) mass is 346 g/mol. The molecule has 0 unspecified atom stereocenters. The summed E-state index contributed by atoms with van der Waals surface area (Å²) in [4.78, 5) is 3.31. The van der Waals surface area contributed by atoms with Gasteiger partial charge in [-0.15, -0.1) is 0 Å². The second-order valence-electron chi connectivity index (χ2n) is 6.52. The zero-order chi connectivity index (χ0) is 16.8. The smallest absolute Gasteiger partial charge is 0.127 e. The molecule has 0 radical (unpaired) electrons. The van der Waals surface area contributed by atoms with E-state index < -0.39 is 0 Å². The SMILES string of the molecule is CCOc1ccc(C[NH+]2CC[NH+](Cc3ccccc3Cl)CC2)cc1. The Bertz CT molecular complexity index is 636. The van der Waals surface area contributed by atoms with E-state index in [0.29, 0.717) is 0 Å². The molecule has 2 N–H and O–H groups in total. The lowest BCUT2D eigenvalue weighted by atomic mass is 10.1. The molecule has 1 fully saturated rings. The maximum Gasteiger partial charge on any atom is 0.127 e. The van der Waals surface area contributed by atoms with Crippen molar-refractivity contribution in [2.24, 2.45) is 0 Å². The molecule has 128 valence electrons. The van der Waals surface area contributed by atoms with Crippen molar-refractivity contribution in [3.63, 3.8) is 0 Å². The highest BCUT2D eigenvalue weighted by Gasteiger charge is 2.23. The van der Waals surface area contributed by atoms with Crippen molar-refractivity contribution < 1.29 is 14.5 Å². The molecule has 0 atom stereocenters. The van der Waals surface area contributed by atoms with Gasteiger partial charge >= 0.3 is 0 Å². The Balaban J connectivity index is 1.47. The molecule has 1 heterocycles. The highest BCUT2D eigenvalue weighted by atomic mass is 35.5. The zero-order valence-electron chi connectivity index (χ0n) is 14.4. The first-order chi connectivity index (χ1) is 11.7. The van der Waals surface area contributed by atoms with Crippen LogP contribution in [0.4, 0.5) is 0 Å². The first kappa shape index (κ1) is 17.3. The van der Waals surface area contributed by atoms with E-state index in [0.717, 1.165) is 30.5 Å². The Morgan fingerprint density at radius 1 is 0.875 bits per heavy atom. The van der Waals surface area contributed by atoms with E-state index in [2.05, 4.69) is 36.4 Å². The molecule has 3 rings (SSSR count). The molecular weight excluding hydrogens is 320 g/mol. The maximum absolute atomic E-state index is 6.29. The molecule has 0 aromatic heterocycles. The molecule has 0 aliphatic carbocycles. The highest BCUT2D eigenvalue weighted by Crippen LogP contribution is 2.13. The van der Waals surface area contributed by atoms with Crippen LogP contribution >= 0.6 is 11.6 Å². The first-order valence-electron chi connectivity index (χ1n) is 8.87. The third-order valence-electron chi connectivity index (χ3n) is 4.75. The van der Waals surface area contributed by atoms with Gasteiger partial charge in [-0.05, 0) is 37.3 Å². The molecule has 2 aromatic carbocycles. The van der Waals surface area contributed by atoms with Crippen LogP contribution in [0.1, 0.15) is 18.1 Å². The Kier molecular flexibility index (Phi) is 6.13. The normalized spacial score (nSPS) is 20.8. The lowest BCUT2D eigenvalue weighted by molar-refractivity contribution is -1.02. The van der Waals surface area contributed by atoms with Crippen LogP contribution in [0.5, 0.6) is 5.75 Å². The standard InChI is InChI=1S/C20H25ClN2O/c1-2-24-19-9-7-17(8-10-19)15-22-11-13-23(14-12-22)16-18-5-3-4-6-20(18)21/h3-10H,2,11-16H2,1H3/p+2. The van der Waals surface area contributed by atoms with E-state index in [-0.39, 0.29) is 0 Å². The van der Waals surface area contributed by atoms with Gasteiger partial charge in [-0.3, -0.25) is 0 Å². The fourth-order valence-corrected chi connectivity index (χ4v) is 3.58. The molecule has 1 saturated heterocycles. The molecule has 2 aromatic rings. The van der Waals surface area contributed by atoms with Crippen molar-refractivity contribution in [3.05, 3.63) is 64.7 Å². The van der Waals surface area contributed by atoms with Crippen molar-refractivity contribution in [3.8, 4) is 5.75 Å². The van der Waals surface area contributed by atoms with E-state index >= 15 is 0 Å². The van der Waals surface area contributed by atoms with E-state index in [1.807, 2.05) is 19.1 Å². The minimum absolute atomic E-state index is 0.723. The lowest BCUT2D eigenvalue weighted by Crippen LogP contribution is -3.27. The predicted octanol–water partition coefficient (Wildman–Crippen LogP) is 1.22. The summed E-state index contributed by atoms with van der Waals surface area (Å²) in [6, 6.07) is 16.8. The predicted molar refractivity (Wildman–Crippen MR) is 97.9 cm³/mol. The van der Waals surface area contributed by atoms with Gasteiger partial charge in [-0.1, -0.05) is 29.8 Å². The molecule has 1 aliphatic rings. The average molecular weight is 347 g/mol. The van der Waals surface area contributed by atoms with Crippen LogP contribution in [-0.4, -0.2) is 32.8 Å². The van der Waals surface area contributed by atoms with Gasteiger partial charge in [-0.25, -0.2) is 0 Å². The third-order valence-corrected chi connectivity index (χ3v) is 5.12. The van der Waals surface area contributed by atoms with Crippen molar-refractivity contribution in [2.45, 2.75) is 20.0 Å². The van der Waals surface area contributed by atoms with E-state index in [9.17, 15) is 0 Å². The Labute approximate surface area is 149 Å². The molecule has 4 heteroatoms. The summed E-state index contributed by atoms with van der Waals surface area (Å²) in [5.74, 6) is 0.963. The molecule has 3 nitrogen and oxygen atoms in total. The van der Waals surface area contributed by atoms with Gasteiger partial charge in [0.25, 0.3) is 0 Å². The van der Waals surface area contributed by atoms with Crippen LogP contribution in [-0.2, 0) is 13.1 Å². The van der Waals surface area contributed by atoms with Gasteiger partial charge in [-0.2, -0.15) is 0 Å². The largest absolute Gasteiger partial charge is 0.494 e.